The third-order valence-corrected chi connectivity index (χ3v) is 13.9. The van der Waals surface area contributed by atoms with Crippen LogP contribution >= 0.6 is 0 Å². The molecule has 2 aromatic carbocycles. The molecule has 0 saturated carbocycles. The molecule has 4 rings (SSSR count). The van der Waals surface area contributed by atoms with Crippen molar-refractivity contribution < 1.29 is 73.6 Å². The Bertz CT molecular complexity index is 2020. The van der Waals surface area contributed by atoms with Gasteiger partial charge in [0.05, 0.1) is 79.5 Å². The van der Waals surface area contributed by atoms with Gasteiger partial charge in [-0.15, -0.1) is 0 Å². The number of unbranched alkanes of at least 4 members (excludes halogenated alkanes) is 10. The number of fused-ring (bicyclic) bond motifs is 1. The maximum atomic E-state index is 15.9. The van der Waals surface area contributed by atoms with E-state index in [1.165, 1.54) is 33.3 Å². The van der Waals surface area contributed by atoms with Crippen LogP contribution in [0.4, 0.5) is 8.78 Å². The molecule has 1 fully saturated rings. The summed E-state index contributed by atoms with van der Waals surface area (Å²) in [6, 6.07) is 5.40. The van der Waals surface area contributed by atoms with Gasteiger partial charge in [-0.3, -0.25) is 13.8 Å². The molecule has 1 atom stereocenters. The van der Waals surface area contributed by atoms with Crippen molar-refractivity contribution in [1.29, 1.82) is 0 Å². The van der Waals surface area contributed by atoms with Crippen LogP contribution in [0.1, 0.15) is 134 Å². The lowest BCUT2D eigenvalue weighted by atomic mass is 9.91. The van der Waals surface area contributed by atoms with Crippen molar-refractivity contribution in [3.05, 3.63) is 34.9 Å². The lowest BCUT2D eigenvalue weighted by Crippen LogP contribution is -2.53. The highest BCUT2D eigenvalue weighted by molar-refractivity contribution is 7.88. The van der Waals surface area contributed by atoms with Gasteiger partial charge in [-0.1, -0.05) is 78.1 Å². The predicted molar refractivity (Wildman–Crippen MR) is 256 cm³/mol. The number of ether oxygens (including phenoxy) is 9. The first-order valence-corrected chi connectivity index (χ1v) is 25.7. The molecule has 16 nitrogen and oxygen atoms in total. The fraction of sp³-hybridized carbons (Fsp3) is 0.720. The molecular formula is C50H78F2N2O14S. The molecule has 392 valence electrons. The summed E-state index contributed by atoms with van der Waals surface area (Å²) in [7, 11) is 3.41. The fourth-order valence-electron chi connectivity index (χ4n) is 8.38. The number of benzene rings is 2. The second-order valence-corrected chi connectivity index (χ2v) is 20.1. The van der Waals surface area contributed by atoms with Crippen LogP contribution in [0.5, 0.6) is 34.5 Å². The Kier molecular flexibility index (Phi) is 22.4. The molecule has 0 aromatic heterocycles. The molecular weight excluding hydrogens is 923 g/mol. The number of hydrogen-bond donors (Lipinski definition) is 0. The minimum Gasteiger partial charge on any atom is -0.496 e. The highest BCUT2D eigenvalue weighted by Gasteiger charge is 2.57. The molecule has 0 radical (unpaired) electrons. The van der Waals surface area contributed by atoms with Gasteiger partial charge in [-0.05, 0) is 57.2 Å². The van der Waals surface area contributed by atoms with Gasteiger partial charge in [0.25, 0.3) is 0 Å². The van der Waals surface area contributed by atoms with Gasteiger partial charge >= 0.3 is 21.3 Å². The maximum Gasteiger partial charge on any atom is 0.447 e. The van der Waals surface area contributed by atoms with E-state index in [9.17, 15) is 18.0 Å². The summed E-state index contributed by atoms with van der Waals surface area (Å²) >= 11 is 0. The highest BCUT2D eigenvalue weighted by atomic mass is 32.2. The van der Waals surface area contributed by atoms with Gasteiger partial charge in [-0.2, -0.15) is 17.2 Å². The van der Waals surface area contributed by atoms with E-state index in [-0.39, 0.29) is 39.5 Å². The molecule has 2 heterocycles. The van der Waals surface area contributed by atoms with Crippen LogP contribution in [0, 0.1) is 5.41 Å². The minimum atomic E-state index is -5.81. The molecule has 0 N–H and O–H groups in total. The van der Waals surface area contributed by atoms with Crippen molar-refractivity contribution in [2.75, 3.05) is 88.7 Å². The Hall–Kier alpha value is -4.17. The molecule has 2 amide bonds. The average Bonchev–Trinajstić information content (AvgIpc) is 3.34. The number of rotatable bonds is 31. The number of nitrogens with zero attached hydrogens (tertiary/aromatic N) is 2. The first kappa shape index (κ1) is 57.4. The van der Waals surface area contributed by atoms with Crippen molar-refractivity contribution in [3.8, 4) is 34.5 Å². The molecule has 0 unspecified atom stereocenters. The Morgan fingerprint density at radius 1 is 0.754 bits per heavy atom. The third-order valence-electron chi connectivity index (χ3n) is 12.7. The zero-order valence-corrected chi connectivity index (χ0v) is 43.5. The standard InChI is InChI=1S/C50H78F2N2O14S/c1-11-13-15-17-19-21-25-54(26-22-20-18-16-14-12-2)47(56)50(51,52)69(57,58)67-35-49(33-65-48(3,4)66-34-49)32-64-31-44(55)53(5)30-38-41(60-7)29-40(59-6)37-23-24-39(68-45(37)38)36-27-42(61-8)46(63-10)43(28-36)62-9/h27-29,39H,11-26,30-35H2,1-10H3/t39-/m1/s1. The average molecular weight is 1000 g/mol. The summed E-state index contributed by atoms with van der Waals surface area (Å²) < 4.78 is 116. The lowest BCUT2D eigenvalue weighted by Gasteiger charge is -2.42. The van der Waals surface area contributed by atoms with Crippen LogP contribution in [-0.4, -0.2) is 130 Å². The van der Waals surface area contributed by atoms with Crippen LogP contribution in [0.2, 0.25) is 0 Å². The summed E-state index contributed by atoms with van der Waals surface area (Å²) in [6.45, 7) is 5.34. The van der Waals surface area contributed by atoms with Gasteiger partial charge in [0.1, 0.15) is 30.0 Å². The number of halogens is 2. The lowest BCUT2D eigenvalue weighted by molar-refractivity contribution is -0.295. The van der Waals surface area contributed by atoms with E-state index in [2.05, 4.69) is 13.8 Å². The van der Waals surface area contributed by atoms with Crippen LogP contribution in [0.25, 0.3) is 0 Å². The summed E-state index contributed by atoms with van der Waals surface area (Å²) in [5.41, 5.74) is 0.683. The summed E-state index contributed by atoms with van der Waals surface area (Å²) in [5, 5.41) is -4.87. The Morgan fingerprint density at radius 2 is 1.29 bits per heavy atom. The molecule has 0 bridgehead atoms. The summed E-state index contributed by atoms with van der Waals surface area (Å²) in [4.78, 5) is 29.6. The number of carbonyl (C=O) groups is 2. The van der Waals surface area contributed by atoms with E-state index in [1.807, 2.05) is 12.1 Å². The zero-order valence-electron chi connectivity index (χ0n) is 42.6. The zero-order chi connectivity index (χ0) is 50.8. The van der Waals surface area contributed by atoms with Crippen LogP contribution in [0.3, 0.4) is 0 Å². The molecule has 2 aromatic rings. The number of carbonyl (C=O) groups excluding carboxylic acids is 2. The van der Waals surface area contributed by atoms with Gasteiger partial charge in [0.15, 0.2) is 17.3 Å². The van der Waals surface area contributed by atoms with Gasteiger partial charge < -0.3 is 52.4 Å². The first-order valence-electron chi connectivity index (χ1n) is 24.3. The van der Waals surface area contributed by atoms with Crippen molar-refractivity contribution >= 4 is 21.9 Å². The van der Waals surface area contributed by atoms with Crippen molar-refractivity contribution in [3.63, 3.8) is 0 Å². The Morgan fingerprint density at radius 3 is 1.81 bits per heavy atom. The number of likely N-dealkylation sites (N-methyl/N-ethyl adjacent to an activating group) is 1. The van der Waals surface area contributed by atoms with E-state index in [0.717, 1.165) is 80.2 Å². The van der Waals surface area contributed by atoms with Gasteiger partial charge in [-0.25, -0.2) is 0 Å². The minimum absolute atomic E-state index is 0.0122. The number of amides is 2. The van der Waals surface area contributed by atoms with E-state index < -0.39 is 57.7 Å². The van der Waals surface area contributed by atoms with Crippen LogP contribution in [-0.2, 0) is 51.1 Å². The quantitative estimate of drug-likeness (QED) is 0.0519. The third kappa shape index (κ3) is 15.4. The molecule has 1 saturated heterocycles. The normalized spacial score (nSPS) is 16.5. The van der Waals surface area contributed by atoms with Crippen molar-refractivity contribution in [2.45, 2.75) is 141 Å². The highest BCUT2D eigenvalue weighted by Crippen LogP contribution is 2.48. The molecule has 2 aliphatic rings. The van der Waals surface area contributed by atoms with Crippen LogP contribution in [0.15, 0.2) is 18.2 Å². The smallest absolute Gasteiger partial charge is 0.447 e. The maximum absolute atomic E-state index is 15.9. The molecule has 0 spiro atoms. The molecule has 19 heteroatoms. The van der Waals surface area contributed by atoms with Crippen molar-refractivity contribution in [2.24, 2.45) is 5.41 Å². The predicted octanol–water partition coefficient (Wildman–Crippen LogP) is 9.03. The molecule has 0 aliphatic carbocycles. The fourth-order valence-corrected chi connectivity index (χ4v) is 9.27. The van der Waals surface area contributed by atoms with E-state index in [0.29, 0.717) is 65.7 Å². The van der Waals surface area contributed by atoms with E-state index >= 15 is 8.78 Å². The number of methoxy groups -OCH3 is 5. The van der Waals surface area contributed by atoms with Crippen molar-refractivity contribution in [1.82, 2.24) is 9.80 Å². The number of hydrogen-bond acceptors (Lipinski definition) is 14. The van der Waals surface area contributed by atoms with Gasteiger partial charge in [0.2, 0.25) is 11.7 Å². The largest absolute Gasteiger partial charge is 0.496 e. The monoisotopic (exact) mass is 1000 g/mol. The number of alkyl halides is 2. The topological polar surface area (TPSA) is 167 Å². The summed E-state index contributed by atoms with van der Waals surface area (Å²) in [6.07, 6.45) is 11.1. The van der Waals surface area contributed by atoms with E-state index in [1.54, 1.807) is 34.1 Å². The van der Waals surface area contributed by atoms with Gasteiger partial charge in [0, 0.05) is 31.8 Å². The Balaban J connectivity index is 1.47. The molecule has 69 heavy (non-hydrogen) atoms. The summed E-state index contributed by atoms with van der Waals surface area (Å²) in [5.74, 6) is -0.551. The van der Waals surface area contributed by atoms with E-state index in [4.69, 9.17) is 46.8 Å². The first-order chi connectivity index (χ1) is 32.9. The van der Waals surface area contributed by atoms with Crippen LogP contribution < -0.4 is 28.4 Å². The molecule has 2 aliphatic heterocycles. The second kappa shape index (κ2) is 26.9. The SMILES string of the molecule is CCCCCCCCN(CCCCCCCC)C(=O)C(F)(F)S(=O)(=O)OCC1(COCC(=O)N(C)Cc2c(OC)cc(OC)c3c2O[C@@H](c2cc(OC)c(OC)c(OC)c2)CC3)COC(C)(C)OC1. The second-order valence-electron chi connectivity index (χ2n) is 18.5. The Labute approximate surface area is 408 Å².